The third kappa shape index (κ3) is 17.6. The van der Waals surface area contributed by atoms with E-state index in [9.17, 15) is 8.42 Å². The molecule has 0 aromatic rings. The molecular weight excluding hydrogens is 264 g/mol. The molecular formula is C14H28O4S. The first-order valence-corrected chi connectivity index (χ1v) is 8.69. The monoisotopic (exact) mass is 292 g/mol. The molecule has 0 aromatic carbocycles. The lowest BCUT2D eigenvalue weighted by molar-refractivity contribution is 0.261. The van der Waals surface area contributed by atoms with Crippen molar-refractivity contribution in [3.05, 3.63) is 12.2 Å². The van der Waals surface area contributed by atoms with Crippen LogP contribution in [0.4, 0.5) is 0 Å². The van der Waals surface area contributed by atoms with Gasteiger partial charge in [0.15, 0.2) is 0 Å². The molecule has 0 bridgehead atoms. The maximum absolute atomic E-state index is 10.3. The third-order valence-electron chi connectivity index (χ3n) is 2.89. The minimum absolute atomic E-state index is 0.0823. The van der Waals surface area contributed by atoms with Crippen LogP contribution in [0.5, 0.6) is 0 Å². The van der Waals surface area contributed by atoms with Crippen LogP contribution in [0.3, 0.4) is 0 Å². The van der Waals surface area contributed by atoms with Gasteiger partial charge in [-0.15, -0.1) is 0 Å². The van der Waals surface area contributed by atoms with Crippen molar-refractivity contribution in [3.8, 4) is 0 Å². The highest BCUT2D eigenvalue weighted by Gasteiger charge is 2.02. The number of allylic oxidation sites excluding steroid dienone is 2. The smallest absolute Gasteiger partial charge is 0.264 e. The summed E-state index contributed by atoms with van der Waals surface area (Å²) in [5.74, 6) is 0. The summed E-state index contributed by atoms with van der Waals surface area (Å²) in [5, 5.41) is 0. The van der Waals surface area contributed by atoms with Gasteiger partial charge in [-0.2, -0.15) is 8.42 Å². The van der Waals surface area contributed by atoms with Crippen molar-refractivity contribution in [3.63, 3.8) is 0 Å². The summed E-state index contributed by atoms with van der Waals surface area (Å²) in [6, 6.07) is 0. The van der Waals surface area contributed by atoms with Gasteiger partial charge in [-0.1, -0.05) is 57.6 Å². The largest absolute Gasteiger partial charge is 0.397 e. The Kier molecular flexibility index (Phi) is 12.4. The van der Waals surface area contributed by atoms with Crippen LogP contribution in [0.2, 0.25) is 0 Å². The van der Waals surface area contributed by atoms with E-state index in [1.54, 1.807) is 0 Å². The van der Waals surface area contributed by atoms with E-state index in [1.807, 2.05) is 0 Å². The molecule has 0 aliphatic heterocycles. The molecule has 0 saturated heterocycles. The Labute approximate surface area is 118 Å². The quantitative estimate of drug-likeness (QED) is 0.312. The summed E-state index contributed by atoms with van der Waals surface area (Å²) in [6.45, 7) is 2.29. The summed E-state index contributed by atoms with van der Waals surface area (Å²) >= 11 is 0. The highest BCUT2D eigenvalue weighted by atomic mass is 32.3. The van der Waals surface area contributed by atoms with Crippen molar-refractivity contribution in [2.45, 2.75) is 71.1 Å². The molecule has 0 radical (unpaired) electrons. The molecule has 0 heterocycles. The van der Waals surface area contributed by atoms with Gasteiger partial charge in [0, 0.05) is 0 Å². The van der Waals surface area contributed by atoms with E-state index in [2.05, 4.69) is 23.3 Å². The van der Waals surface area contributed by atoms with Crippen LogP contribution in [-0.4, -0.2) is 19.6 Å². The van der Waals surface area contributed by atoms with E-state index < -0.39 is 10.4 Å². The Morgan fingerprint density at radius 3 is 2.00 bits per heavy atom. The lowest BCUT2D eigenvalue weighted by atomic mass is 10.1. The predicted octanol–water partition coefficient (Wildman–Crippen LogP) is 4.28. The topological polar surface area (TPSA) is 63.6 Å². The number of unbranched alkanes of at least 4 members (excludes halogenated alkanes) is 8. The second-order valence-electron chi connectivity index (χ2n) is 4.77. The van der Waals surface area contributed by atoms with Crippen molar-refractivity contribution >= 4 is 10.4 Å². The minimum atomic E-state index is -4.25. The van der Waals surface area contributed by atoms with Crippen LogP contribution in [0.1, 0.15) is 71.1 Å². The summed E-state index contributed by atoms with van der Waals surface area (Å²) in [4.78, 5) is 0. The van der Waals surface area contributed by atoms with E-state index in [0.717, 1.165) is 19.3 Å². The summed E-state index contributed by atoms with van der Waals surface area (Å²) in [5.41, 5.74) is 0. The highest BCUT2D eigenvalue weighted by molar-refractivity contribution is 7.80. The standard InChI is InChI=1S/C14H28O4S/c1-2-3-4-5-6-7-8-9-10-11-12-13-14-18-19(15,16)17/h5-6H,2-4,7-14H2,1H3,(H,15,16,17)/b6-5-. The molecule has 1 N–H and O–H groups in total. The number of hydrogen-bond donors (Lipinski definition) is 1. The first-order valence-electron chi connectivity index (χ1n) is 7.33. The van der Waals surface area contributed by atoms with Gasteiger partial charge in [0.05, 0.1) is 6.61 Å². The van der Waals surface area contributed by atoms with Crippen molar-refractivity contribution in [2.75, 3.05) is 6.61 Å². The Balaban J connectivity index is 3.13. The van der Waals surface area contributed by atoms with Crippen molar-refractivity contribution in [1.82, 2.24) is 0 Å². The van der Waals surface area contributed by atoms with Crippen molar-refractivity contribution in [1.29, 1.82) is 0 Å². The van der Waals surface area contributed by atoms with E-state index >= 15 is 0 Å². The van der Waals surface area contributed by atoms with Crippen LogP contribution in [0.15, 0.2) is 12.2 Å². The average molecular weight is 292 g/mol. The first-order chi connectivity index (χ1) is 9.06. The van der Waals surface area contributed by atoms with E-state index in [0.29, 0.717) is 6.42 Å². The van der Waals surface area contributed by atoms with Gasteiger partial charge in [-0.05, 0) is 25.7 Å². The fourth-order valence-corrected chi connectivity index (χ4v) is 2.12. The number of hydrogen-bond acceptors (Lipinski definition) is 3. The molecule has 0 amide bonds. The Bertz CT molecular complexity index is 309. The molecule has 114 valence electrons. The molecule has 0 aliphatic carbocycles. The Morgan fingerprint density at radius 1 is 0.895 bits per heavy atom. The summed E-state index contributed by atoms with van der Waals surface area (Å²) in [6.07, 6.45) is 15.8. The maximum atomic E-state index is 10.3. The second kappa shape index (κ2) is 12.6. The second-order valence-corrected chi connectivity index (χ2v) is 5.86. The van der Waals surface area contributed by atoms with Crippen LogP contribution in [0.25, 0.3) is 0 Å². The lowest BCUT2D eigenvalue weighted by Crippen LogP contribution is -2.04. The summed E-state index contributed by atoms with van der Waals surface area (Å²) < 4.78 is 33.1. The van der Waals surface area contributed by atoms with Gasteiger partial charge >= 0.3 is 10.4 Å². The molecule has 0 unspecified atom stereocenters. The molecule has 0 rings (SSSR count). The Morgan fingerprint density at radius 2 is 1.42 bits per heavy atom. The summed E-state index contributed by atoms with van der Waals surface area (Å²) in [7, 11) is -4.25. The highest BCUT2D eigenvalue weighted by Crippen LogP contribution is 2.08. The maximum Gasteiger partial charge on any atom is 0.397 e. The van der Waals surface area contributed by atoms with E-state index in [1.165, 1.54) is 38.5 Å². The fourth-order valence-electron chi connectivity index (χ4n) is 1.79. The molecule has 0 aromatic heterocycles. The van der Waals surface area contributed by atoms with Gasteiger partial charge in [-0.3, -0.25) is 4.55 Å². The molecule has 5 heteroatoms. The molecule has 4 nitrogen and oxygen atoms in total. The van der Waals surface area contributed by atoms with Crippen LogP contribution in [0, 0.1) is 0 Å². The zero-order valence-corrected chi connectivity index (χ0v) is 12.8. The number of rotatable bonds is 13. The normalized spacial score (nSPS) is 12.3. The van der Waals surface area contributed by atoms with Crippen LogP contribution in [-0.2, 0) is 14.6 Å². The first kappa shape index (κ1) is 18.6. The molecule has 19 heavy (non-hydrogen) atoms. The van der Waals surface area contributed by atoms with Crippen molar-refractivity contribution < 1.29 is 17.2 Å². The zero-order valence-electron chi connectivity index (χ0n) is 12.0. The van der Waals surface area contributed by atoms with Crippen LogP contribution >= 0.6 is 0 Å². The van der Waals surface area contributed by atoms with E-state index in [4.69, 9.17) is 4.55 Å². The van der Waals surface area contributed by atoms with Gasteiger partial charge in [0.25, 0.3) is 0 Å². The van der Waals surface area contributed by atoms with Gasteiger partial charge in [-0.25, -0.2) is 4.18 Å². The molecule has 0 saturated carbocycles. The van der Waals surface area contributed by atoms with Gasteiger partial charge in [0.2, 0.25) is 0 Å². The van der Waals surface area contributed by atoms with E-state index in [-0.39, 0.29) is 6.61 Å². The predicted molar refractivity (Wildman–Crippen MR) is 78.5 cm³/mol. The third-order valence-corrected chi connectivity index (χ3v) is 3.35. The fraction of sp³-hybridized carbons (Fsp3) is 0.857. The zero-order chi connectivity index (χ0) is 14.4. The molecule has 0 atom stereocenters. The Hall–Kier alpha value is -0.390. The lowest BCUT2D eigenvalue weighted by Gasteiger charge is -2.01. The van der Waals surface area contributed by atoms with Gasteiger partial charge in [0.1, 0.15) is 0 Å². The van der Waals surface area contributed by atoms with Crippen molar-refractivity contribution in [2.24, 2.45) is 0 Å². The van der Waals surface area contributed by atoms with Crippen LogP contribution < -0.4 is 0 Å². The average Bonchev–Trinajstić information content (AvgIpc) is 2.34. The minimum Gasteiger partial charge on any atom is -0.264 e. The molecule has 0 spiro atoms. The molecule has 0 fully saturated rings. The SMILES string of the molecule is CCCC/C=C\CCCCCCCCOS(=O)(=O)O. The molecule has 0 aliphatic rings. The van der Waals surface area contributed by atoms with Gasteiger partial charge < -0.3 is 0 Å².